The molecule has 0 fully saturated rings. The van der Waals surface area contributed by atoms with Gasteiger partial charge in [0.25, 0.3) is 5.91 Å². The van der Waals surface area contributed by atoms with Gasteiger partial charge in [0, 0.05) is 11.2 Å². The average Bonchev–Trinajstić information content (AvgIpc) is 2.37. The number of halogens is 3. The standard InChI is InChI=1S/C12H8Cl3N3OS/c13-6-4-8(14)10(9(15)5-6)17-18-11(19)7-2-1-3-16-12(7)20/h1-5,17H,(H,16,20)(H,18,19). The summed E-state index contributed by atoms with van der Waals surface area (Å²) in [5, 5.41) is 0.990. The third kappa shape index (κ3) is 3.43. The van der Waals surface area contributed by atoms with Crippen molar-refractivity contribution in [3.63, 3.8) is 0 Å². The molecule has 1 aromatic carbocycles. The molecule has 3 N–H and O–H groups in total. The Bertz CT molecular complexity index is 694. The first kappa shape index (κ1) is 15.1. The van der Waals surface area contributed by atoms with Gasteiger partial charge in [-0.3, -0.25) is 15.6 Å². The molecule has 0 radical (unpaired) electrons. The number of nitrogens with one attached hydrogen (secondary N) is 3. The molecule has 104 valence electrons. The molecule has 0 aliphatic heterocycles. The number of hydrazine groups is 1. The van der Waals surface area contributed by atoms with Gasteiger partial charge < -0.3 is 4.98 Å². The molecule has 0 unspecified atom stereocenters. The summed E-state index contributed by atoms with van der Waals surface area (Å²) >= 11 is 22.8. The monoisotopic (exact) mass is 347 g/mol. The normalized spacial score (nSPS) is 10.2. The molecule has 0 aliphatic carbocycles. The SMILES string of the molecule is O=C(NNc1c(Cl)cc(Cl)cc1Cl)c1ccc[nH]c1=S. The number of amides is 1. The van der Waals surface area contributed by atoms with Crippen LogP contribution in [-0.4, -0.2) is 10.9 Å². The van der Waals surface area contributed by atoms with Gasteiger partial charge in [-0.1, -0.05) is 47.0 Å². The predicted octanol–water partition coefficient (Wildman–Crippen LogP) is 4.46. The predicted molar refractivity (Wildman–Crippen MR) is 84.2 cm³/mol. The lowest BCUT2D eigenvalue weighted by Gasteiger charge is -2.12. The summed E-state index contributed by atoms with van der Waals surface area (Å²) in [7, 11) is 0. The number of carbonyl (C=O) groups is 1. The number of rotatable bonds is 3. The lowest BCUT2D eigenvalue weighted by atomic mass is 10.3. The Balaban J connectivity index is 2.16. The van der Waals surface area contributed by atoms with Crippen LogP contribution in [0.1, 0.15) is 10.4 Å². The molecule has 0 aliphatic rings. The summed E-state index contributed by atoms with van der Waals surface area (Å²) in [6.45, 7) is 0. The van der Waals surface area contributed by atoms with Crippen molar-refractivity contribution in [1.82, 2.24) is 10.4 Å². The Morgan fingerprint density at radius 1 is 1.20 bits per heavy atom. The van der Waals surface area contributed by atoms with Gasteiger partial charge in [0.15, 0.2) is 0 Å². The van der Waals surface area contributed by atoms with Gasteiger partial charge in [0.2, 0.25) is 0 Å². The molecule has 1 aromatic heterocycles. The lowest BCUT2D eigenvalue weighted by molar-refractivity contribution is 0.0962. The van der Waals surface area contributed by atoms with Crippen molar-refractivity contribution >= 4 is 58.6 Å². The highest BCUT2D eigenvalue weighted by atomic mass is 35.5. The van der Waals surface area contributed by atoms with E-state index in [0.717, 1.165) is 0 Å². The lowest BCUT2D eigenvalue weighted by Crippen LogP contribution is -2.30. The van der Waals surface area contributed by atoms with Crippen molar-refractivity contribution in [2.45, 2.75) is 0 Å². The molecule has 20 heavy (non-hydrogen) atoms. The number of hydrogen-bond acceptors (Lipinski definition) is 3. The molecular weight excluding hydrogens is 341 g/mol. The Labute approximate surface area is 135 Å². The van der Waals surface area contributed by atoms with Crippen LogP contribution in [0, 0.1) is 4.64 Å². The van der Waals surface area contributed by atoms with E-state index in [-0.39, 0.29) is 0 Å². The van der Waals surface area contributed by atoms with Crippen LogP contribution in [0.5, 0.6) is 0 Å². The summed E-state index contributed by atoms with van der Waals surface area (Å²) in [4.78, 5) is 14.7. The largest absolute Gasteiger partial charge is 0.352 e. The highest BCUT2D eigenvalue weighted by Crippen LogP contribution is 2.33. The number of anilines is 1. The maximum absolute atomic E-state index is 12.0. The summed E-state index contributed by atoms with van der Waals surface area (Å²) in [6, 6.07) is 6.30. The van der Waals surface area contributed by atoms with Crippen LogP contribution < -0.4 is 10.9 Å². The fraction of sp³-hybridized carbons (Fsp3) is 0. The second-order valence-electron chi connectivity index (χ2n) is 3.74. The van der Waals surface area contributed by atoms with Crippen LogP contribution in [0.15, 0.2) is 30.5 Å². The number of aromatic nitrogens is 1. The molecule has 0 saturated carbocycles. The third-order valence-corrected chi connectivity index (χ3v) is 3.52. The Hall–Kier alpha value is -1.27. The van der Waals surface area contributed by atoms with Gasteiger partial charge >= 0.3 is 0 Å². The second kappa shape index (κ2) is 6.45. The Morgan fingerprint density at radius 3 is 2.45 bits per heavy atom. The molecule has 1 amide bonds. The van der Waals surface area contributed by atoms with Gasteiger partial charge in [-0.2, -0.15) is 0 Å². The van der Waals surface area contributed by atoms with E-state index >= 15 is 0 Å². The van der Waals surface area contributed by atoms with Gasteiger partial charge in [0.05, 0.1) is 21.3 Å². The molecule has 1 heterocycles. The Kier molecular flexibility index (Phi) is 4.88. The van der Waals surface area contributed by atoms with Crippen molar-refractivity contribution in [3.05, 3.63) is 55.7 Å². The van der Waals surface area contributed by atoms with Gasteiger partial charge in [0.1, 0.15) is 4.64 Å². The summed E-state index contributed by atoms with van der Waals surface area (Å²) in [6.07, 6.45) is 1.64. The van der Waals surface area contributed by atoms with Crippen LogP contribution in [0.4, 0.5) is 5.69 Å². The highest BCUT2D eigenvalue weighted by molar-refractivity contribution is 7.71. The molecule has 0 atom stereocenters. The highest BCUT2D eigenvalue weighted by Gasteiger charge is 2.11. The summed E-state index contributed by atoms with van der Waals surface area (Å²) < 4.78 is 0.333. The fourth-order valence-corrected chi connectivity index (χ4v) is 2.59. The van der Waals surface area contributed by atoms with E-state index in [4.69, 9.17) is 47.0 Å². The molecule has 0 spiro atoms. The minimum absolute atomic E-state index is 0.293. The number of aromatic amines is 1. The molecule has 0 saturated heterocycles. The van der Waals surface area contributed by atoms with Gasteiger partial charge in [-0.15, -0.1) is 0 Å². The van der Waals surface area contributed by atoms with Crippen LogP contribution in [0.2, 0.25) is 15.1 Å². The molecular formula is C12H8Cl3N3OS. The smallest absolute Gasteiger partial charge is 0.272 e. The summed E-state index contributed by atoms with van der Waals surface area (Å²) in [5.74, 6) is -0.408. The van der Waals surface area contributed by atoms with Crippen LogP contribution >= 0.6 is 47.0 Å². The summed E-state index contributed by atoms with van der Waals surface area (Å²) in [5.41, 5.74) is 5.81. The quantitative estimate of drug-likeness (QED) is 0.567. The number of pyridine rings is 1. The minimum atomic E-state index is -0.408. The zero-order valence-corrected chi connectivity index (χ0v) is 12.9. The van der Waals surface area contributed by atoms with Crippen molar-refractivity contribution in [2.24, 2.45) is 0 Å². The maximum atomic E-state index is 12.0. The zero-order valence-electron chi connectivity index (χ0n) is 9.84. The third-order valence-electron chi connectivity index (χ3n) is 2.37. The van der Waals surface area contributed by atoms with Crippen molar-refractivity contribution < 1.29 is 4.79 Å². The fourth-order valence-electron chi connectivity index (χ4n) is 1.45. The van der Waals surface area contributed by atoms with Crippen molar-refractivity contribution in [3.8, 4) is 0 Å². The molecule has 2 aromatic rings. The van der Waals surface area contributed by atoms with E-state index in [1.165, 1.54) is 12.1 Å². The zero-order chi connectivity index (χ0) is 14.7. The number of hydrogen-bond donors (Lipinski definition) is 3. The number of H-pyrrole nitrogens is 1. The van der Waals surface area contributed by atoms with Crippen LogP contribution in [0.25, 0.3) is 0 Å². The van der Waals surface area contributed by atoms with E-state index in [1.807, 2.05) is 0 Å². The van der Waals surface area contributed by atoms with Crippen molar-refractivity contribution in [2.75, 3.05) is 5.43 Å². The molecule has 8 heteroatoms. The topological polar surface area (TPSA) is 56.9 Å². The van der Waals surface area contributed by atoms with Gasteiger partial charge in [-0.25, -0.2) is 0 Å². The first-order valence-electron chi connectivity index (χ1n) is 5.37. The van der Waals surface area contributed by atoms with E-state index in [1.54, 1.807) is 18.3 Å². The van der Waals surface area contributed by atoms with Crippen LogP contribution in [-0.2, 0) is 0 Å². The van der Waals surface area contributed by atoms with E-state index in [9.17, 15) is 4.79 Å². The number of carbonyl (C=O) groups excluding carboxylic acids is 1. The van der Waals surface area contributed by atoms with E-state index in [2.05, 4.69) is 15.8 Å². The van der Waals surface area contributed by atoms with Gasteiger partial charge in [-0.05, 0) is 24.3 Å². The first-order chi connectivity index (χ1) is 9.49. The van der Waals surface area contributed by atoms with Crippen LogP contribution in [0.3, 0.4) is 0 Å². The van der Waals surface area contributed by atoms with E-state index < -0.39 is 5.91 Å². The average molecular weight is 349 g/mol. The second-order valence-corrected chi connectivity index (χ2v) is 5.40. The minimum Gasteiger partial charge on any atom is -0.352 e. The first-order valence-corrected chi connectivity index (χ1v) is 6.92. The number of benzene rings is 1. The Morgan fingerprint density at radius 2 is 1.85 bits per heavy atom. The van der Waals surface area contributed by atoms with E-state index in [0.29, 0.717) is 31.0 Å². The maximum Gasteiger partial charge on any atom is 0.272 e. The molecule has 4 nitrogen and oxygen atoms in total. The molecule has 2 rings (SSSR count). The van der Waals surface area contributed by atoms with Crippen molar-refractivity contribution in [1.29, 1.82) is 0 Å². The molecule has 0 bridgehead atoms.